The Bertz CT molecular complexity index is 1780. The molecule has 0 saturated heterocycles. The molecule has 0 N–H and O–H groups in total. The molecule has 3 atom stereocenters. The molecule has 2 aliphatic rings. The fourth-order valence-electron chi connectivity index (χ4n) is 6.14. The molecule has 2 aromatic heterocycles. The van der Waals surface area contributed by atoms with Crippen LogP contribution in [0.2, 0.25) is 5.02 Å². The van der Waals surface area contributed by atoms with Crippen LogP contribution >= 0.6 is 11.6 Å². The molecule has 0 bridgehead atoms. The highest BCUT2D eigenvalue weighted by Crippen LogP contribution is 2.51. The lowest BCUT2D eigenvalue weighted by Crippen LogP contribution is -2.49. The summed E-state index contributed by atoms with van der Waals surface area (Å²) in [5.74, 6) is 3.76. The molecule has 1 saturated carbocycles. The first-order valence-corrected chi connectivity index (χ1v) is 15.5. The first-order valence-electron chi connectivity index (χ1n) is 13.5. The zero-order valence-corrected chi connectivity index (χ0v) is 24.5. The number of pyridine rings is 1. The fourth-order valence-corrected chi connectivity index (χ4v) is 7.82. The van der Waals surface area contributed by atoms with E-state index in [2.05, 4.69) is 22.0 Å². The van der Waals surface area contributed by atoms with Gasteiger partial charge in [-0.25, -0.2) is 17.6 Å². The number of fused-ring (bicyclic) bond motifs is 2. The third kappa shape index (κ3) is 4.84. The Morgan fingerprint density at radius 1 is 1.17 bits per heavy atom. The van der Waals surface area contributed by atoms with E-state index in [1.165, 1.54) is 12.1 Å². The van der Waals surface area contributed by atoms with Crippen LogP contribution in [0.25, 0.3) is 11.8 Å². The molecule has 6 nitrogen and oxygen atoms in total. The lowest BCUT2D eigenvalue weighted by molar-refractivity contribution is 0.0749. The SMILES string of the molecule is C=S(=O)(c1ccc(Cl)cc1)N(C)[C@H]1CCC2=Cc3c(cnn3-c3ccc(F)cc3)C[C@]2(C(=O)c2cc(C)ccn2)C1. The van der Waals surface area contributed by atoms with Gasteiger partial charge in [-0.05, 0) is 123 Å². The Balaban J connectivity index is 1.42. The summed E-state index contributed by atoms with van der Waals surface area (Å²) in [7, 11) is -1.01. The molecule has 0 amide bonds. The van der Waals surface area contributed by atoms with Crippen molar-refractivity contribution in [3.8, 4) is 5.69 Å². The Hall–Kier alpha value is -3.59. The number of aromatic nitrogens is 3. The van der Waals surface area contributed by atoms with Crippen LogP contribution in [-0.2, 0) is 16.1 Å². The van der Waals surface area contributed by atoms with Crippen molar-refractivity contribution in [2.24, 2.45) is 5.41 Å². The standard InChI is InChI=1S/C32H30ClFN4O2S/c1-21-14-15-35-29(16-21)31(39)32-18-22-20-36-38(26-10-7-25(34)8-11-26)30(22)17-23(32)4-9-27(19-32)37(2)41(3,40)28-12-5-24(33)6-13-28/h5-8,10-17,20,27H,3-4,9,18-19H2,1-2H3/t27-,32-,41?/m0/s1. The summed E-state index contributed by atoms with van der Waals surface area (Å²) in [6.45, 7) is 1.94. The molecule has 2 aliphatic carbocycles. The Labute approximate surface area is 244 Å². The van der Waals surface area contributed by atoms with Crippen molar-refractivity contribution >= 4 is 39.0 Å². The number of nitrogens with zero attached hydrogens (tertiary/aromatic N) is 4. The van der Waals surface area contributed by atoms with Gasteiger partial charge in [0.1, 0.15) is 11.5 Å². The highest BCUT2D eigenvalue weighted by Gasteiger charge is 2.50. The highest BCUT2D eigenvalue weighted by molar-refractivity contribution is 7.98. The molecular formula is C32H30ClFN4O2S. The Morgan fingerprint density at radius 3 is 2.61 bits per heavy atom. The van der Waals surface area contributed by atoms with Crippen LogP contribution in [0, 0.1) is 18.2 Å². The molecule has 0 aliphatic heterocycles. The molecule has 2 heterocycles. The van der Waals surface area contributed by atoms with Gasteiger partial charge in [0.25, 0.3) is 0 Å². The van der Waals surface area contributed by atoms with E-state index in [1.807, 2.05) is 30.4 Å². The minimum Gasteiger partial charge on any atom is -0.291 e. The van der Waals surface area contributed by atoms with Crippen molar-refractivity contribution in [2.75, 3.05) is 7.05 Å². The molecule has 41 heavy (non-hydrogen) atoms. The van der Waals surface area contributed by atoms with Gasteiger partial charge in [-0.15, -0.1) is 0 Å². The summed E-state index contributed by atoms with van der Waals surface area (Å²) in [6, 6.07) is 16.7. The van der Waals surface area contributed by atoms with Gasteiger partial charge in [-0.3, -0.25) is 9.78 Å². The lowest BCUT2D eigenvalue weighted by Gasteiger charge is -2.46. The number of Topliss-reactive ketones (excluding diaryl/α,β-unsaturated/α-hetero) is 1. The number of rotatable bonds is 6. The molecule has 9 heteroatoms. The minimum atomic E-state index is -2.83. The molecule has 2 aromatic carbocycles. The number of aryl methyl sites for hydroxylation is 1. The van der Waals surface area contributed by atoms with Crippen LogP contribution in [-0.4, -0.2) is 48.0 Å². The first kappa shape index (κ1) is 27.6. The van der Waals surface area contributed by atoms with Gasteiger partial charge in [-0.1, -0.05) is 17.2 Å². The van der Waals surface area contributed by atoms with E-state index in [1.54, 1.807) is 53.5 Å². The molecule has 0 radical (unpaired) electrons. The largest absolute Gasteiger partial charge is 0.291 e. The van der Waals surface area contributed by atoms with E-state index >= 15 is 0 Å². The second-order valence-corrected chi connectivity index (χ2v) is 13.7. The van der Waals surface area contributed by atoms with Crippen molar-refractivity contribution in [1.82, 2.24) is 19.1 Å². The number of ketones is 1. The molecule has 6 rings (SSSR count). The van der Waals surface area contributed by atoms with Crippen molar-refractivity contribution < 1.29 is 13.4 Å². The molecule has 1 unspecified atom stereocenters. The van der Waals surface area contributed by atoms with E-state index in [0.717, 1.165) is 28.1 Å². The molecule has 1 fully saturated rings. The molecule has 210 valence electrons. The smallest absolute Gasteiger partial charge is 0.191 e. The number of halogens is 2. The fraction of sp³-hybridized carbons (Fsp3) is 0.250. The average molecular weight is 589 g/mol. The van der Waals surface area contributed by atoms with Gasteiger partial charge >= 0.3 is 0 Å². The zero-order valence-electron chi connectivity index (χ0n) is 22.9. The number of hydrogen-bond acceptors (Lipinski definition) is 4. The normalized spacial score (nSPS) is 21.5. The Kier molecular flexibility index (Phi) is 6.96. The Morgan fingerprint density at radius 2 is 1.90 bits per heavy atom. The van der Waals surface area contributed by atoms with Crippen LogP contribution in [0.5, 0.6) is 0 Å². The molecular weight excluding hydrogens is 559 g/mol. The summed E-state index contributed by atoms with van der Waals surface area (Å²) >= 11 is 6.08. The van der Waals surface area contributed by atoms with E-state index < -0.39 is 15.1 Å². The number of carbonyl (C=O) groups is 1. The maximum Gasteiger partial charge on any atom is 0.191 e. The minimum absolute atomic E-state index is 0.0483. The van der Waals surface area contributed by atoms with Crippen molar-refractivity contribution in [3.05, 3.63) is 112 Å². The van der Waals surface area contributed by atoms with Crippen LogP contribution in [0.1, 0.15) is 46.6 Å². The van der Waals surface area contributed by atoms with Crippen molar-refractivity contribution in [3.63, 3.8) is 0 Å². The average Bonchev–Trinajstić information content (AvgIpc) is 3.37. The first-order chi connectivity index (χ1) is 19.6. The summed E-state index contributed by atoms with van der Waals surface area (Å²) < 4.78 is 31.3. The lowest BCUT2D eigenvalue weighted by atomic mass is 9.60. The van der Waals surface area contributed by atoms with E-state index in [4.69, 9.17) is 11.6 Å². The summed E-state index contributed by atoms with van der Waals surface area (Å²) in [4.78, 5) is 19.5. The van der Waals surface area contributed by atoms with Gasteiger partial charge in [0.15, 0.2) is 5.78 Å². The van der Waals surface area contributed by atoms with E-state index in [-0.39, 0.29) is 17.6 Å². The summed E-state index contributed by atoms with van der Waals surface area (Å²) in [5, 5.41) is 5.18. The van der Waals surface area contributed by atoms with Crippen molar-refractivity contribution in [2.45, 2.75) is 43.5 Å². The van der Waals surface area contributed by atoms with Crippen LogP contribution < -0.4 is 0 Å². The monoisotopic (exact) mass is 588 g/mol. The van der Waals surface area contributed by atoms with Crippen molar-refractivity contribution in [1.29, 1.82) is 0 Å². The number of allylic oxidation sites excluding steroid dienone is 1. The third-order valence-corrected chi connectivity index (χ3v) is 10.9. The van der Waals surface area contributed by atoms with Gasteiger partial charge in [-0.2, -0.15) is 5.10 Å². The highest BCUT2D eigenvalue weighted by atomic mass is 35.5. The van der Waals surface area contributed by atoms with E-state index in [9.17, 15) is 13.4 Å². The second kappa shape index (κ2) is 10.4. The van der Waals surface area contributed by atoms with Crippen LogP contribution in [0.15, 0.2) is 83.5 Å². The number of carbonyl (C=O) groups excluding carboxylic acids is 1. The predicted octanol–water partition coefficient (Wildman–Crippen LogP) is 6.35. The third-order valence-electron chi connectivity index (χ3n) is 8.45. The maximum atomic E-state index is 14.5. The quantitative estimate of drug-likeness (QED) is 0.194. The topological polar surface area (TPSA) is 68.1 Å². The summed E-state index contributed by atoms with van der Waals surface area (Å²) in [5.41, 5.74) is 4.07. The maximum absolute atomic E-state index is 14.5. The number of hydrogen-bond donors (Lipinski definition) is 0. The molecule has 4 aromatic rings. The van der Waals surface area contributed by atoms with Gasteiger partial charge in [0, 0.05) is 22.2 Å². The van der Waals surface area contributed by atoms with Gasteiger partial charge in [0.2, 0.25) is 0 Å². The zero-order chi connectivity index (χ0) is 28.9. The number of benzene rings is 2. The summed E-state index contributed by atoms with van der Waals surface area (Å²) in [6.07, 6.45) is 7.77. The second-order valence-electron chi connectivity index (χ2n) is 11.0. The molecule has 0 spiro atoms. The van der Waals surface area contributed by atoms with Gasteiger partial charge in [0.05, 0.1) is 32.7 Å². The van der Waals surface area contributed by atoms with E-state index in [0.29, 0.717) is 41.3 Å². The van der Waals surface area contributed by atoms with Crippen LogP contribution in [0.3, 0.4) is 0 Å². The van der Waals surface area contributed by atoms with Gasteiger partial charge < -0.3 is 0 Å². The predicted molar refractivity (Wildman–Crippen MR) is 161 cm³/mol. The van der Waals surface area contributed by atoms with Crippen LogP contribution in [0.4, 0.5) is 4.39 Å².